The molecule has 0 saturated carbocycles. The van der Waals surface area contributed by atoms with Crippen LogP contribution in [0.25, 0.3) is 0 Å². The highest BCUT2D eigenvalue weighted by Gasteiger charge is 2.49. The molecule has 8 nitrogen and oxygen atoms in total. The maximum Gasteiger partial charge on any atom is 0.223 e. The number of hydrogen-bond donors (Lipinski definition) is 1. The van der Waals surface area contributed by atoms with Crippen molar-refractivity contribution >= 4 is 17.6 Å². The lowest BCUT2D eigenvalue weighted by Crippen LogP contribution is -2.67. The number of carbonyl (C=O) groups is 2. The fourth-order valence-corrected chi connectivity index (χ4v) is 5.42. The number of hydrogen-bond acceptors (Lipinski definition) is 6. The van der Waals surface area contributed by atoms with Crippen molar-refractivity contribution in [3.8, 4) is 0 Å². The first-order valence-corrected chi connectivity index (χ1v) is 10.7. The Morgan fingerprint density at radius 2 is 2.07 bits per heavy atom. The highest BCUT2D eigenvalue weighted by Crippen LogP contribution is 2.42. The third-order valence-corrected chi connectivity index (χ3v) is 6.69. The molecule has 1 aromatic heterocycles. The zero-order valence-electron chi connectivity index (χ0n) is 17.3. The Labute approximate surface area is 172 Å². The van der Waals surface area contributed by atoms with Gasteiger partial charge in [0.2, 0.25) is 11.8 Å². The van der Waals surface area contributed by atoms with Crippen LogP contribution in [-0.2, 0) is 14.3 Å². The Balaban J connectivity index is 1.55. The van der Waals surface area contributed by atoms with Crippen LogP contribution in [0.2, 0.25) is 0 Å². The molecule has 1 N–H and O–H groups in total. The molecule has 1 aromatic rings. The van der Waals surface area contributed by atoms with Crippen LogP contribution in [0.15, 0.2) is 12.4 Å². The number of piperidine rings is 3. The Morgan fingerprint density at radius 1 is 1.28 bits per heavy atom. The quantitative estimate of drug-likeness (QED) is 0.769. The molecule has 0 unspecified atom stereocenters. The van der Waals surface area contributed by atoms with Gasteiger partial charge in [-0.15, -0.1) is 0 Å². The molecule has 0 radical (unpaired) electrons. The number of fused-ring (bicyclic) bond motifs is 4. The third kappa shape index (κ3) is 4.08. The number of amides is 2. The number of rotatable bonds is 6. The predicted octanol–water partition coefficient (Wildman–Crippen LogP) is 1.14. The topological polar surface area (TPSA) is 87.7 Å². The smallest absolute Gasteiger partial charge is 0.223 e. The van der Waals surface area contributed by atoms with E-state index in [1.165, 1.54) is 0 Å². The van der Waals surface area contributed by atoms with Crippen molar-refractivity contribution in [1.29, 1.82) is 0 Å². The van der Waals surface area contributed by atoms with Crippen LogP contribution in [0.1, 0.15) is 37.8 Å². The molecular formula is C21H31N5O3. The van der Waals surface area contributed by atoms with Crippen molar-refractivity contribution in [1.82, 2.24) is 20.2 Å². The van der Waals surface area contributed by atoms with E-state index in [1.54, 1.807) is 19.5 Å². The van der Waals surface area contributed by atoms with Gasteiger partial charge in [0.05, 0.1) is 18.3 Å². The minimum Gasteiger partial charge on any atom is -0.384 e. The normalized spacial score (nSPS) is 28.8. The molecule has 2 bridgehead atoms. The van der Waals surface area contributed by atoms with E-state index >= 15 is 0 Å². The van der Waals surface area contributed by atoms with Crippen LogP contribution in [-0.4, -0.2) is 72.1 Å². The van der Waals surface area contributed by atoms with E-state index in [0.29, 0.717) is 37.8 Å². The molecule has 4 atom stereocenters. The molecular weight excluding hydrogens is 370 g/mol. The van der Waals surface area contributed by atoms with E-state index in [9.17, 15) is 9.59 Å². The van der Waals surface area contributed by atoms with Gasteiger partial charge in [-0.2, -0.15) is 0 Å². The summed E-state index contributed by atoms with van der Waals surface area (Å²) in [7, 11) is 1.59. The van der Waals surface area contributed by atoms with Crippen LogP contribution < -0.4 is 10.2 Å². The van der Waals surface area contributed by atoms with Gasteiger partial charge >= 0.3 is 0 Å². The lowest BCUT2D eigenvalue weighted by Gasteiger charge is -2.56. The number of nitrogens with one attached hydrogen (secondary N) is 1. The van der Waals surface area contributed by atoms with Crippen molar-refractivity contribution in [2.75, 3.05) is 38.3 Å². The molecule has 3 aliphatic heterocycles. The van der Waals surface area contributed by atoms with Crippen LogP contribution in [0.5, 0.6) is 0 Å². The fourth-order valence-electron chi connectivity index (χ4n) is 5.42. The van der Waals surface area contributed by atoms with E-state index in [2.05, 4.69) is 25.1 Å². The Hall–Kier alpha value is -2.22. The first-order chi connectivity index (χ1) is 14.1. The van der Waals surface area contributed by atoms with Gasteiger partial charge in [-0.1, -0.05) is 0 Å². The Morgan fingerprint density at radius 3 is 2.86 bits per heavy atom. The van der Waals surface area contributed by atoms with Crippen molar-refractivity contribution in [2.24, 2.45) is 11.8 Å². The molecule has 3 fully saturated rings. The van der Waals surface area contributed by atoms with Crippen LogP contribution in [0, 0.1) is 18.8 Å². The first kappa shape index (κ1) is 20.1. The fraction of sp³-hybridized carbons (Fsp3) is 0.714. The van der Waals surface area contributed by atoms with Crippen molar-refractivity contribution in [3.63, 3.8) is 0 Å². The summed E-state index contributed by atoms with van der Waals surface area (Å²) in [6, 6.07) is 0.295. The molecule has 29 heavy (non-hydrogen) atoms. The number of aromatic nitrogens is 2. The highest BCUT2D eigenvalue weighted by molar-refractivity contribution is 5.79. The maximum absolute atomic E-state index is 12.8. The summed E-state index contributed by atoms with van der Waals surface area (Å²) in [6.07, 6.45) is 7.54. The predicted molar refractivity (Wildman–Crippen MR) is 108 cm³/mol. The molecule has 2 amide bonds. The number of carbonyl (C=O) groups excluding carboxylic acids is 2. The summed E-state index contributed by atoms with van der Waals surface area (Å²) in [6.45, 7) is 4.67. The third-order valence-electron chi connectivity index (χ3n) is 6.69. The van der Waals surface area contributed by atoms with Crippen LogP contribution in [0.4, 0.5) is 5.82 Å². The molecule has 0 aliphatic carbocycles. The van der Waals surface area contributed by atoms with Gasteiger partial charge in [0.15, 0.2) is 0 Å². The summed E-state index contributed by atoms with van der Waals surface area (Å²) in [5.41, 5.74) is 0.938. The minimum atomic E-state index is -0.0209. The van der Waals surface area contributed by atoms with Gasteiger partial charge in [0.25, 0.3) is 0 Å². The number of ether oxygens (including phenoxy) is 1. The standard InChI is InChI=1S/C21H31N5O3/c1-14-21(23-8-7-22-14)25-12-15-10-16(13-25)18(11-24-19(27)6-9-29-2)26-17(15)4-3-5-20(26)28/h7-8,15-18H,3-6,9-13H2,1-2H3,(H,24,27)/t15-,16+,17+,18+/m1/s1. The zero-order chi connectivity index (χ0) is 20.4. The lowest BCUT2D eigenvalue weighted by atomic mass is 9.72. The van der Waals surface area contributed by atoms with Crippen LogP contribution >= 0.6 is 0 Å². The van der Waals surface area contributed by atoms with E-state index < -0.39 is 0 Å². The van der Waals surface area contributed by atoms with Crippen molar-refractivity contribution < 1.29 is 14.3 Å². The van der Waals surface area contributed by atoms with Gasteiger partial charge in [-0.3, -0.25) is 14.6 Å². The van der Waals surface area contributed by atoms with E-state index in [0.717, 1.165) is 43.9 Å². The SMILES string of the molecule is COCCC(=O)NC[C@H]1[C@H]2C[C@H](CN(c3nccnc3C)C2)[C@@H]2CCCC(=O)N21. The lowest BCUT2D eigenvalue weighted by molar-refractivity contribution is -0.149. The monoisotopic (exact) mass is 401 g/mol. The van der Waals surface area contributed by atoms with Gasteiger partial charge in [-0.05, 0) is 38.0 Å². The van der Waals surface area contributed by atoms with Gasteiger partial charge in [0.1, 0.15) is 5.82 Å². The van der Waals surface area contributed by atoms with Crippen molar-refractivity contribution in [3.05, 3.63) is 18.1 Å². The summed E-state index contributed by atoms with van der Waals surface area (Å²) in [5.74, 6) is 1.93. The number of nitrogens with zero attached hydrogens (tertiary/aromatic N) is 4. The summed E-state index contributed by atoms with van der Waals surface area (Å²) in [4.78, 5) is 38.5. The molecule has 0 spiro atoms. The Kier molecular flexibility index (Phi) is 5.99. The van der Waals surface area contributed by atoms with Gasteiger partial charge < -0.3 is 19.9 Å². The minimum absolute atomic E-state index is 0.0209. The second-order valence-electron chi connectivity index (χ2n) is 8.50. The van der Waals surface area contributed by atoms with Gasteiger partial charge in [-0.25, -0.2) is 4.98 Å². The first-order valence-electron chi connectivity index (χ1n) is 10.7. The van der Waals surface area contributed by atoms with Crippen molar-refractivity contribution in [2.45, 2.75) is 51.1 Å². The average Bonchev–Trinajstić information content (AvgIpc) is 2.72. The summed E-state index contributed by atoms with van der Waals surface area (Å²) < 4.78 is 5.00. The second-order valence-corrected chi connectivity index (χ2v) is 8.50. The van der Waals surface area contributed by atoms with E-state index in [1.807, 2.05) is 6.92 Å². The molecule has 0 aromatic carbocycles. The van der Waals surface area contributed by atoms with E-state index in [-0.39, 0.29) is 23.9 Å². The summed E-state index contributed by atoms with van der Waals surface area (Å²) >= 11 is 0. The number of methoxy groups -OCH3 is 1. The number of aryl methyl sites for hydroxylation is 1. The second kappa shape index (κ2) is 8.65. The molecule has 3 aliphatic rings. The maximum atomic E-state index is 12.8. The molecule has 3 saturated heterocycles. The molecule has 4 rings (SSSR count). The van der Waals surface area contributed by atoms with E-state index in [4.69, 9.17) is 4.74 Å². The van der Waals surface area contributed by atoms with Crippen LogP contribution in [0.3, 0.4) is 0 Å². The molecule has 8 heteroatoms. The number of anilines is 1. The van der Waals surface area contributed by atoms with Gasteiger partial charge in [0, 0.05) is 58.0 Å². The molecule has 4 heterocycles. The zero-order valence-corrected chi connectivity index (χ0v) is 17.3. The largest absolute Gasteiger partial charge is 0.384 e. The average molecular weight is 402 g/mol. The highest BCUT2D eigenvalue weighted by atomic mass is 16.5. The molecule has 158 valence electrons. The summed E-state index contributed by atoms with van der Waals surface area (Å²) in [5, 5.41) is 3.05. The Bertz CT molecular complexity index is 758.